The summed E-state index contributed by atoms with van der Waals surface area (Å²) < 4.78 is 6.50. The second-order valence-electron chi connectivity index (χ2n) is 3.56. The first-order valence-corrected chi connectivity index (χ1v) is 5.73. The highest BCUT2D eigenvalue weighted by molar-refractivity contribution is 9.10. The molecule has 2 rings (SSSR count). The Hall–Kier alpha value is -0.860. The van der Waals surface area contributed by atoms with Crippen LogP contribution in [0.2, 0.25) is 0 Å². The first-order valence-electron chi connectivity index (χ1n) is 4.94. The fourth-order valence-corrected chi connectivity index (χ4v) is 2.24. The molecule has 0 aromatic heterocycles. The molecule has 0 saturated carbocycles. The van der Waals surface area contributed by atoms with Crippen LogP contribution in [0, 0.1) is 0 Å². The summed E-state index contributed by atoms with van der Waals surface area (Å²) in [6.07, 6.45) is 0.128. The summed E-state index contributed by atoms with van der Waals surface area (Å²) >= 11 is 3.56. The van der Waals surface area contributed by atoms with E-state index in [1.807, 2.05) is 6.07 Å². The van der Waals surface area contributed by atoms with Crippen LogP contribution in [0.4, 0.5) is 0 Å². The molecule has 0 aliphatic carbocycles. The minimum atomic E-state index is 0.128. The van der Waals surface area contributed by atoms with E-state index in [1.165, 1.54) is 16.3 Å². The average molecular weight is 265 g/mol. The molecule has 15 heavy (non-hydrogen) atoms. The lowest BCUT2D eigenvalue weighted by molar-refractivity contribution is 0.121. The van der Waals surface area contributed by atoms with Crippen LogP contribution in [0.3, 0.4) is 0 Å². The third-order valence-corrected chi connectivity index (χ3v) is 3.39. The molecule has 2 heteroatoms. The number of ether oxygens (including phenoxy) is 1. The van der Waals surface area contributed by atoms with Crippen LogP contribution in [-0.2, 0) is 4.74 Å². The Morgan fingerprint density at radius 1 is 1.07 bits per heavy atom. The van der Waals surface area contributed by atoms with E-state index in [9.17, 15) is 0 Å². The van der Waals surface area contributed by atoms with Crippen molar-refractivity contribution < 1.29 is 4.74 Å². The van der Waals surface area contributed by atoms with Crippen molar-refractivity contribution >= 4 is 26.7 Å². The molecular weight excluding hydrogens is 252 g/mol. The van der Waals surface area contributed by atoms with Crippen molar-refractivity contribution in [2.24, 2.45) is 0 Å². The molecule has 78 valence electrons. The highest BCUT2D eigenvalue weighted by Gasteiger charge is 2.09. The Morgan fingerprint density at radius 3 is 2.40 bits per heavy atom. The van der Waals surface area contributed by atoms with Gasteiger partial charge in [0.15, 0.2) is 0 Å². The fourth-order valence-electron chi connectivity index (χ4n) is 1.77. The lowest BCUT2D eigenvalue weighted by atomic mass is 10.0. The standard InChI is InChI=1S/C13H13BrO/c1-9(15-2)10-7-8-13(14)12-6-4-3-5-11(10)12/h3-9H,1-2H3/t9-/m0/s1. The predicted octanol–water partition coefficient (Wildman–Crippen LogP) is 4.31. The third-order valence-electron chi connectivity index (χ3n) is 2.70. The highest BCUT2D eigenvalue weighted by atomic mass is 79.9. The van der Waals surface area contributed by atoms with Crippen molar-refractivity contribution in [1.82, 2.24) is 0 Å². The lowest BCUT2D eigenvalue weighted by Gasteiger charge is -2.13. The van der Waals surface area contributed by atoms with E-state index in [0.29, 0.717) is 0 Å². The quantitative estimate of drug-likeness (QED) is 0.786. The number of rotatable bonds is 2. The van der Waals surface area contributed by atoms with Crippen LogP contribution < -0.4 is 0 Å². The van der Waals surface area contributed by atoms with Crippen LogP contribution >= 0.6 is 15.9 Å². The molecule has 0 amide bonds. The normalized spacial score (nSPS) is 13.0. The van der Waals surface area contributed by atoms with Crippen LogP contribution in [0.15, 0.2) is 40.9 Å². The molecule has 0 spiro atoms. The molecule has 2 aromatic rings. The van der Waals surface area contributed by atoms with E-state index in [0.717, 1.165) is 4.47 Å². The maximum atomic E-state index is 5.37. The van der Waals surface area contributed by atoms with Gasteiger partial charge in [0.25, 0.3) is 0 Å². The van der Waals surface area contributed by atoms with E-state index in [2.05, 4.69) is 53.2 Å². The second kappa shape index (κ2) is 4.33. The van der Waals surface area contributed by atoms with Crippen molar-refractivity contribution in [3.05, 3.63) is 46.4 Å². The molecular formula is C13H13BrO. The second-order valence-corrected chi connectivity index (χ2v) is 4.41. The summed E-state index contributed by atoms with van der Waals surface area (Å²) in [7, 11) is 1.74. The topological polar surface area (TPSA) is 9.23 Å². The molecule has 0 aliphatic rings. The third kappa shape index (κ3) is 1.92. The Kier molecular flexibility index (Phi) is 3.08. The van der Waals surface area contributed by atoms with E-state index in [1.54, 1.807) is 7.11 Å². The summed E-state index contributed by atoms with van der Waals surface area (Å²) in [4.78, 5) is 0. The van der Waals surface area contributed by atoms with Gasteiger partial charge in [-0.3, -0.25) is 0 Å². The maximum absolute atomic E-state index is 5.37. The SMILES string of the molecule is CO[C@@H](C)c1ccc(Br)c2ccccc12. The molecule has 0 bridgehead atoms. The van der Waals surface area contributed by atoms with Crippen molar-refractivity contribution in [2.45, 2.75) is 13.0 Å². The lowest BCUT2D eigenvalue weighted by Crippen LogP contribution is -1.96. The van der Waals surface area contributed by atoms with Crippen LogP contribution in [0.5, 0.6) is 0 Å². The molecule has 0 fully saturated rings. The van der Waals surface area contributed by atoms with Crippen molar-refractivity contribution in [2.75, 3.05) is 7.11 Å². The van der Waals surface area contributed by atoms with Crippen molar-refractivity contribution in [1.29, 1.82) is 0 Å². The van der Waals surface area contributed by atoms with Crippen LogP contribution in [0.25, 0.3) is 10.8 Å². The van der Waals surface area contributed by atoms with Gasteiger partial charge in [-0.05, 0) is 29.3 Å². The smallest absolute Gasteiger partial charge is 0.0799 e. The Bertz CT molecular complexity index is 479. The molecule has 0 N–H and O–H groups in total. The molecule has 1 nitrogen and oxygen atoms in total. The van der Waals surface area contributed by atoms with E-state index >= 15 is 0 Å². The average Bonchev–Trinajstić information content (AvgIpc) is 2.29. The highest BCUT2D eigenvalue weighted by Crippen LogP contribution is 2.30. The fraction of sp³-hybridized carbons (Fsp3) is 0.231. The largest absolute Gasteiger partial charge is 0.377 e. The molecule has 0 saturated heterocycles. The molecule has 1 atom stereocenters. The Morgan fingerprint density at radius 2 is 1.73 bits per heavy atom. The number of hydrogen-bond donors (Lipinski definition) is 0. The Labute approximate surface area is 98.2 Å². The van der Waals surface area contributed by atoms with Gasteiger partial charge in [0.05, 0.1) is 6.10 Å². The van der Waals surface area contributed by atoms with E-state index in [-0.39, 0.29) is 6.10 Å². The number of hydrogen-bond acceptors (Lipinski definition) is 1. The number of fused-ring (bicyclic) bond motifs is 1. The summed E-state index contributed by atoms with van der Waals surface area (Å²) in [5.41, 5.74) is 1.23. The predicted molar refractivity (Wildman–Crippen MR) is 67.1 cm³/mol. The van der Waals surface area contributed by atoms with Gasteiger partial charge in [0.1, 0.15) is 0 Å². The minimum Gasteiger partial charge on any atom is -0.377 e. The van der Waals surface area contributed by atoms with Gasteiger partial charge < -0.3 is 4.74 Å². The summed E-state index contributed by atoms with van der Waals surface area (Å²) in [6, 6.07) is 12.5. The first kappa shape index (κ1) is 10.7. The van der Waals surface area contributed by atoms with Gasteiger partial charge in [-0.2, -0.15) is 0 Å². The number of halogens is 1. The molecule has 0 aliphatic heterocycles. The summed E-state index contributed by atoms with van der Waals surface area (Å²) in [5, 5.41) is 2.49. The summed E-state index contributed by atoms with van der Waals surface area (Å²) in [6.45, 7) is 2.07. The van der Waals surface area contributed by atoms with Crippen molar-refractivity contribution in [3.8, 4) is 0 Å². The summed E-state index contributed by atoms with van der Waals surface area (Å²) in [5.74, 6) is 0. The first-order chi connectivity index (χ1) is 7.24. The van der Waals surface area contributed by atoms with Gasteiger partial charge in [-0.25, -0.2) is 0 Å². The zero-order valence-electron chi connectivity index (χ0n) is 8.83. The zero-order chi connectivity index (χ0) is 10.8. The van der Waals surface area contributed by atoms with Gasteiger partial charge in [-0.1, -0.05) is 46.3 Å². The van der Waals surface area contributed by atoms with Crippen LogP contribution in [0.1, 0.15) is 18.6 Å². The maximum Gasteiger partial charge on any atom is 0.0799 e. The zero-order valence-corrected chi connectivity index (χ0v) is 10.4. The monoisotopic (exact) mass is 264 g/mol. The van der Waals surface area contributed by atoms with Gasteiger partial charge in [0, 0.05) is 11.6 Å². The van der Waals surface area contributed by atoms with E-state index in [4.69, 9.17) is 4.74 Å². The Balaban J connectivity index is 2.71. The van der Waals surface area contributed by atoms with Crippen molar-refractivity contribution in [3.63, 3.8) is 0 Å². The number of methoxy groups -OCH3 is 1. The minimum absolute atomic E-state index is 0.128. The number of benzene rings is 2. The van der Waals surface area contributed by atoms with Gasteiger partial charge >= 0.3 is 0 Å². The molecule has 0 unspecified atom stereocenters. The molecule has 0 radical (unpaired) electrons. The molecule has 0 heterocycles. The molecule has 2 aromatic carbocycles. The van der Waals surface area contributed by atoms with Gasteiger partial charge in [0.2, 0.25) is 0 Å². The van der Waals surface area contributed by atoms with Crippen LogP contribution in [-0.4, -0.2) is 7.11 Å². The van der Waals surface area contributed by atoms with E-state index < -0.39 is 0 Å². The van der Waals surface area contributed by atoms with Gasteiger partial charge in [-0.15, -0.1) is 0 Å².